The van der Waals surface area contributed by atoms with Crippen LogP contribution in [0.1, 0.15) is 12.8 Å². The molecule has 1 aliphatic rings. The Morgan fingerprint density at radius 3 is 2.35 bits per heavy atom. The zero-order chi connectivity index (χ0) is 16.7. The Bertz CT molecular complexity index is 564. The predicted molar refractivity (Wildman–Crippen MR) is 86.4 cm³/mol. The molecule has 6 heteroatoms. The number of carbonyl (C=O) groups is 2. The van der Waals surface area contributed by atoms with Crippen molar-refractivity contribution in [1.82, 2.24) is 10.6 Å². The molecular weight excluding hydrogens is 296 g/mol. The lowest BCUT2D eigenvalue weighted by Crippen LogP contribution is -2.44. The van der Waals surface area contributed by atoms with Gasteiger partial charge in [0, 0.05) is 6.54 Å². The highest BCUT2D eigenvalue weighted by Crippen LogP contribution is 2.46. The van der Waals surface area contributed by atoms with Crippen molar-refractivity contribution in [3.05, 3.63) is 36.9 Å². The van der Waals surface area contributed by atoms with Crippen LogP contribution in [0, 0.1) is 5.41 Å². The van der Waals surface area contributed by atoms with E-state index in [-0.39, 0.29) is 11.8 Å². The molecule has 1 fully saturated rings. The van der Waals surface area contributed by atoms with E-state index in [9.17, 15) is 9.59 Å². The van der Waals surface area contributed by atoms with Gasteiger partial charge in [-0.05, 0) is 37.1 Å². The molecule has 2 amide bonds. The molecule has 1 aliphatic carbocycles. The summed E-state index contributed by atoms with van der Waals surface area (Å²) in [5.74, 6) is 0.986. The van der Waals surface area contributed by atoms with Gasteiger partial charge in [0.25, 0.3) is 0 Å². The van der Waals surface area contributed by atoms with E-state index in [0.717, 1.165) is 5.75 Å². The third kappa shape index (κ3) is 4.25. The number of ether oxygens (including phenoxy) is 2. The number of rotatable bonds is 9. The Morgan fingerprint density at radius 2 is 1.78 bits per heavy atom. The average molecular weight is 318 g/mol. The van der Waals surface area contributed by atoms with Crippen LogP contribution in [0.5, 0.6) is 11.5 Å². The first-order valence-corrected chi connectivity index (χ1v) is 7.57. The zero-order valence-electron chi connectivity index (χ0n) is 13.3. The second-order valence-electron chi connectivity index (χ2n) is 5.36. The summed E-state index contributed by atoms with van der Waals surface area (Å²) in [6.45, 7) is 4.59. The minimum Gasteiger partial charge on any atom is -0.497 e. The van der Waals surface area contributed by atoms with Crippen LogP contribution < -0.4 is 20.1 Å². The normalized spacial score (nSPS) is 14.5. The maximum atomic E-state index is 12.2. The van der Waals surface area contributed by atoms with E-state index in [1.807, 2.05) is 0 Å². The number of nitrogens with one attached hydrogen (secondary N) is 2. The summed E-state index contributed by atoms with van der Waals surface area (Å²) < 4.78 is 10.6. The van der Waals surface area contributed by atoms with E-state index in [0.29, 0.717) is 38.3 Å². The Balaban J connectivity index is 1.72. The van der Waals surface area contributed by atoms with Crippen molar-refractivity contribution < 1.29 is 19.1 Å². The summed E-state index contributed by atoms with van der Waals surface area (Å²) in [7, 11) is 1.60. The largest absolute Gasteiger partial charge is 0.497 e. The lowest BCUT2D eigenvalue weighted by atomic mass is 10.1. The fraction of sp³-hybridized carbons (Fsp3) is 0.412. The lowest BCUT2D eigenvalue weighted by Gasteiger charge is -2.15. The predicted octanol–water partition coefficient (Wildman–Crippen LogP) is 1.27. The Hall–Kier alpha value is -2.50. The standard InChI is InChI=1S/C17H22N2O4/c1-3-10-18-15(20)17(8-9-17)16(21)19-11-12-23-14-6-4-13(22-2)5-7-14/h3-7H,1,8-12H2,2H3,(H,18,20)(H,19,21). The van der Waals surface area contributed by atoms with Crippen LogP contribution in [0.25, 0.3) is 0 Å². The number of methoxy groups -OCH3 is 1. The van der Waals surface area contributed by atoms with Crippen LogP contribution in [0.2, 0.25) is 0 Å². The average Bonchev–Trinajstić information content (AvgIpc) is 3.39. The molecule has 2 N–H and O–H groups in total. The maximum absolute atomic E-state index is 12.2. The highest BCUT2D eigenvalue weighted by Gasteiger charge is 2.56. The number of hydrogen-bond acceptors (Lipinski definition) is 4. The van der Waals surface area contributed by atoms with E-state index in [1.165, 1.54) is 0 Å². The molecule has 6 nitrogen and oxygen atoms in total. The molecule has 0 aliphatic heterocycles. The van der Waals surface area contributed by atoms with Crippen LogP contribution in [0.3, 0.4) is 0 Å². The van der Waals surface area contributed by atoms with Crippen molar-refractivity contribution in [3.63, 3.8) is 0 Å². The number of carbonyl (C=O) groups excluding carboxylic acids is 2. The molecule has 0 aromatic heterocycles. The molecule has 1 aromatic carbocycles. The molecule has 0 unspecified atom stereocenters. The van der Waals surface area contributed by atoms with E-state index >= 15 is 0 Å². The topological polar surface area (TPSA) is 76.7 Å². The smallest absolute Gasteiger partial charge is 0.235 e. The Kier molecular flexibility index (Phi) is 5.62. The van der Waals surface area contributed by atoms with Gasteiger partial charge in [-0.1, -0.05) is 6.08 Å². The first kappa shape index (κ1) is 16.9. The first-order chi connectivity index (χ1) is 11.1. The molecule has 0 radical (unpaired) electrons. The molecule has 1 aromatic rings. The summed E-state index contributed by atoms with van der Waals surface area (Å²) >= 11 is 0. The van der Waals surface area contributed by atoms with Crippen molar-refractivity contribution in [2.75, 3.05) is 26.8 Å². The van der Waals surface area contributed by atoms with Gasteiger partial charge < -0.3 is 20.1 Å². The molecule has 0 saturated heterocycles. The summed E-state index contributed by atoms with van der Waals surface area (Å²) in [6, 6.07) is 7.20. The van der Waals surface area contributed by atoms with Gasteiger partial charge in [-0.25, -0.2) is 0 Å². The van der Waals surface area contributed by atoms with Crippen LogP contribution >= 0.6 is 0 Å². The van der Waals surface area contributed by atoms with Gasteiger partial charge in [0.1, 0.15) is 23.5 Å². The summed E-state index contributed by atoms with van der Waals surface area (Å²) in [6.07, 6.45) is 2.76. The second-order valence-corrected chi connectivity index (χ2v) is 5.36. The quantitative estimate of drug-likeness (QED) is 0.408. The third-order valence-corrected chi connectivity index (χ3v) is 3.74. The highest BCUT2D eigenvalue weighted by atomic mass is 16.5. The fourth-order valence-electron chi connectivity index (χ4n) is 2.19. The molecule has 0 atom stereocenters. The van der Waals surface area contributed by atoms with Crippen molar-refractivity contribution in [2.24, 2.45) is 5.41 Å². The number of amides is 2. The van der Waals surface area contributed by atoms with Gasteiger partial charge >= 0.3 is 0 Å². The minimum atomic E-state index is -0.900. The van der Waals surface area contributed by atoms with Gasteiger partial charge in [0.2, 0.25) is 11.8 Å². The molecule has 1 saturated carbocycles. The van der Waals surface area contributed by atoms with Gasteiger partial charge in [0.05, 0.1) is 13.7 Å². The summed E-state index contributed by atoms with van der Waals surface area (Å²) in [4.78, 5) is 24.1. The van der Waals surface area contributed by atoms with E-state index in [2.05, 4.69) is 17.2 Å². The van der Waals surface area contributed by atoms with Crippen molar-refractivity contribution >= 4 is 11.8 Å². The summed E-state index contributed by atoms with van der Waals surface area (Å²) in [5, 5.41) is 5.44. The highest BCUT2D eigenvalue weighted by molar-refractivity contribution is 6.07. The Morgan fingerprint density at radius 1 is 1.17 bits per heavy atom. The molecular formula is C17H22N2O4. The molecule has 2 rings (SSSR count). The van der Waals surface area contributed by atoms with Crippen molar-refractivity contribution in [3.8, 4) is 11.5 Å². The molecule has 0 heterocycles. The number of benzene rings is 1. The van der Waals surface area contributed by atoms with Gasteiger partial charge in [-0.3, -0.25) is 9.59 Å². The lowest BCUT2D eigenvalue weighted by molar-refractivity contribution is -0.137. The van der Waals surface area contributed by atoms with Crippen molar-refractivity contribution in [2.45, 2.75) is 12.8 Å². The van der Waals surface area contributed by atoms with Crippen molar-refractivity contribution in [1.29, 1.82) is 0 Å². The van der Waals surface area contributed by atoms with Crippen LogP contribution in [0.15, 0.2) is 36.9 Å². The molecule has 124 valence electrons. The summed E-state index contributed by atoms with van der Waals surface area (Å²) in [5.41, 5.74) is -0.900. The SMILES string of the molecule is C=CCNC(=O)C1(C(=O)NCCOc2ccc(OC)cc2)CC1. The zero-order valence-corrected chi connectivity index (χ0v) is 13.3. The van der Waals surface area contributed by atoms with Gasteiger partial charge in [0.15, 0.2) is 0 Å². The number of hydrogen-bond donors (Lipinski definition) is 2. The van der Waals surface area contributed by atoms with Gasteiger partial charge in [-0.15, -0.1) is 6.58 Å². The van der Waals surface area contributed by atoms with Crippen LogP contribution in [-0.4, -0.2) is 38.6 Å². The molecule has 23 heavy (non-hydrogen) atoms. The first-order valence-electron chi connectivity index (χ1n) is 7.57. The molecule has 0 bridgehead atoms. The van der Waals surface area contributed by atoms with E-state index < -0.39 is 5.41 Å². The minimum absolute atomic E-state index is 0.231. The monoisotopic (exact) mass is 318 g/mol. The second kappa shape index (κ2) is 7.67. The van der Waals surface area contributed by atoms with E-state index in [1.54, 1.807) is 37.5 Å². The Labute approximate surface area is 135 Å². The third-order valence-electron chi connectivity index (χ3n) is 3.74. The van der Waals surface area contributed by atoms with Crippen LogP contribution in [-0.2, 0) is 9.59 Å². The molecule has 0 spiro atoms. The van der Waals surface area contributed by atoms with Gasteiger partial charge in [-0.2, -0.15) is 0 Å². The maximum Gasteiger partial charge on any atom is 0.235 e. The van der Waals surface area contributed by atoms with Crippen LogP contribution in [0.4, 0.5) is 0 Å². The van der Waals surface area contributed by atoms with E-state index in [4.69, 9.17) is 9.47 Å². The fourth-order valence-corrected chi connectivity index (χ4v) is 2.19.